The van der Waals surface area contributed by atoms with Gasteiger partial charge in [-0.3, -0.25) is 4.79 Å². The third-order valence-electron chi connectivity index (χ3n) is 4.05. The van der Waals surface area contributed by atoms with Crippen molar-refractivity contribution in [3.8, 4) is 11.5 Å². The summed E-state index contributed by atoms with van der Waals surface area (Å²) in [7, 11) is 3.13. The molecule has 128 valence electrons. The molecule has 0 spiro atoms. The molecule has 1 aliphatic heterocycles. The first-order valence-electron chi connectivity index (χ1n) is 7.48. The molecule has 0 bridgehead atoms. The van der Waals surface area contributed by atoms with E-state index in [0.29, 0.717) is 30.0 Å². The van der Waals surface area contributed by atoms with Crippen molar-refractivity contribution in [1.29, 1.82) is 0 Å². The van der Waals surface area contributed by atoms with Crippen LogP contribution in [0.25, 0.3) is 0 Å². The van der Waals surface area contributed by atoms with Crippen LogP contribution >= 0.6 is 11.8 Å². The van der Waals surface area contributed by atoms with Crippen molar-refractivity contribution in [3.05, 3.63) is 23.3 Å². The predicted molar refractivity (Wildman–Crippen MR) is 90.9 cm³/mol. The smallest absolute Gasteiger partial charge is 0.239 e. The minimum Gasteiger partial charge on any atom is -0.496 e. The first-order valence-corrected chi connectivity index (χ1v) is 8.88. The van der Waals surface area contributed by atoms with Crippen LogP contribution < -0.4 is 15.2 Å². The number of methoxy groups -OCH3 is 2. The van der Waals surface area contributed by atoms with E-state index in [2.05, 4.69) is 0 Å². The molecule has 7 heteroatoms. The monoisotopic (exact) mass is 340 g/mol. The first kappa shape index (κ1) is 17.9. The van der Waals surface area contributed by atoms with Crippen LogP contribution in [0.4, 0.5) is 0 Å². The molecular weight excluding hydrogens is 316 g/mol. The largest absolute Gasteiger partial charge is 0.496 e. The standard InChI is InChI=1S/C16H24N2O4S/c1-21-13-4-5-14(22-2)15-10(13)8-18(9-12(15)19)16(20)11(17)6-7-23-3/h4-5,11-12,19H,6-9,17H2,1-3H3/t11-,12?/m0/s1. The Morgan fingerprint density at radius 3 is 2.70 bits per heavy atom. The van der Waals surface area contributed by atoms with Gasteiger partial charge in [-0.15, -0.1) is 0 Å². The second-order valence-corrected chi connectivity index (χ2v) is 6.47. The number of amides is 1. The van der Waals surface area contributed by atoms with Crippen molar-refractivity contribution < 1.29 is 19.4 Å². The van der Waals surface area contributed by atoms with Gasteiger partial charge in [0.2, 0.25) is 5.91 Å². The molecule has 3 N–H and O–H groups in total. The maximum Gasteiger partial charge on any atom is 0.239 e. The summed E-state index contributed by atoms with van der Waals surface area (Å²) in [5.41, 5.74) is 7.45. The summed E-state index contributed by atoms with van der Waals surface area (Å²) in [6.45, 7) is 0.570. The molecule has 0 aliphatic carbocycles. The Labute approximate surface area is 140 Å². The third kappa shape index (κ3) is 3.73. The number of aliphatic hydroxyl groups excluding tert-OH is 1. The zero-order valence-electron chi connectivity index (χ0n) is 13.7. The number of hydrogen-bond donors (Lipinski definition) is 2. The number of hydrogen-bond acceptors (Lipinski definition) is 6. The van der Waals surface area contributed by atoms with E-state index in [1.54, 1.807) is 43.0 Å². The van der Waals surface area contributed by atoms with E-state index in [1.165, 1.54) is 0 Å². The SMILES string of the molecule is COc1ccc(OC)c2c1CN(C(=O)[C@@H](N)CCSC)CC2O. The zero-order valence-corrected chi connectivity index (χ0v) is 14.6. The van der Waals surface area contributed by atoms with Crippen molar-refractivity contribution >= 4 is 17.7 Å². The van der Waals surface area contributed by atoms with Gasteiger partial charge in [0.1, 0.15) is 17.6 Å². The predicted octanol–water partition coefficient (Wildman–Crippen LogP) is 1.16. The fourth-order valence-corrected chi connectivity index (χ4v) is 3.34. The van der Waals surface area contributed by atoms with Crippen LogP contribution in [0.5, 0.6) is 11.5 Å². The normalized spacial score (nSPS) is 18.3. The molecule has 2 atom stereocenters. The average molecular weight is 340 g/mol. The molecule has 1 aromatic rings. The molecule has 0 fully saturated rings. The second-order valence-electron chi connectivity index (χ2n) is 5.48. The van der Waals surface area contributed by atoms with E-state index < -0.39 is 12.1 Å². The molecule has 1 amide bonds. The molecule has 1 unspecified atom stereocenters. The van der Waals surface area contributed by atoms with Crippen LogP contribution in [-0.2, 0) is 11.3 Å². The minimum absolute atomic E-state index is 0.145. The number of nitrogens with zero attached hydrogens (tertiary/aromatic N) is 1. The van der Waals surface area contributed by atoms with Gasteiger partial charge in [0, 0.05) is 17.7 Å². The quantitative estimate of drug-likeness (QED) is 0.808. The topological polar surface area (TPSA) is 85.0 Å². The number of ether oxygens (including phenoxy) is 2. The van der Waals surface area contributed by atoms with Crippen molar-refractivity contribution in [1.82, 2.24) is 4.90 Å². The highest BCUT2D eigenvalue weighted by Gasteiger charge is 2.33. The van der Waals surface area contributed by atoms with Gasteiger partial charge in [-0.2, -0.15) is 11.8 Å². The van der Waals surface area contributed by atoms with Crippen LogP contribution in [0.1, 0.15) is 23.7 Å². The molecule has 1 heterocycles. The highest BCUT2D eigenvalue weighted by Crippen LogP contribution is 2.39. The lowest BCUT2D eigenvalue weighted by atomic mass is 9.94. The van der Waals surface area contributed by atoms with Gasteiger partial charge in [-0.25, -0.2) is 0 Å². The van der Waals surface area contributed by atoms with E-state index >= 15 is 0 Å². The third-order valence-corrected chi connectivity index (χ3v) is 4.70. The number of nitrogens with two attached hydrogens (primary N) is 1. The van der Waals surface area contributed by atoms with E-state index in [0.717, 1.165) is 11.3 Å². The summed E-state index contributed by atoms with van der Waals surface area (Å²) in [6, 6.07) is 3.00. The molecule has 6 nitrogen and oxygen atoms in total. The van der Waals surface area contributed by atoms with Crippen LogP contribution in [-0.4, -0.2) is 54.7 Å². The number of aliphatic hydroxyl groups is 1. The molecule has 0 saturated heterocycles. The Balaban J connectivity index is 2.27. The number of rotatable bonds is 6. The van der Waals surface area contributed by atoms with E-state index in [9.17, 15) is 9.90 Å². The lowest BCUT2D eigenvalue weighted by molar-refractivity contribution is -0.135. The summed E-state index contributed by atoms with van der Waals surface area (Å²) in [5, 5.41) is 10.5. The van der Waals surface area contributed by atoms with E-state index in [1.807, 2.05) is 6.26 Å². The van der Waals surface area contributed by atoms with E-state index in [4.69, 9.17) is 15.2 Å². The van der Waals surface area contributed by atoms with Gasteiger partial charge < -0.3 is 25.2 Å². The van der Waals surface area contributed by atoms with Crippen LogP contribution in [0, 0.1) is 0 Å². The molecule has 0 radical (unpaired) electrons. The molecule has 1 aliphatic rings. The Hall–Kier alpha value is -1.44. The number of thioether (sulfide) groups is 1. The molecule has 2 rings (SSSR count). The number of carbonyl (C=O) groups is 1. The summed E-state index contributed by atoms with van der Waals surface area (Å²) in [6.07, 6.45) is 1.78. The number of fused-ring (bicyclic) bond motifs is 1. The lowest BCUT2D eigenvalue weighted by Crippen LogP contribution is -2.47. The summed E-state index contributed by atoms with van der Waals surface area (Å²) < 4.78 is 10.7. The molecule has 0 saturated carbocycles. The maximum absolute atomic E-state index is 12.5. The van der Waals surface area contributed by atoms with Gasteiger partial charge in [0.15, 0.2) is 0 Å². The number of β-amino-alcohol motifs (C(OH)–C–C–N with tert-alkyl or cyclic N) is 1. The Morgan fingerprint density at radius 2 is 2.09 bits per heavy atom. The number of benzene rings is 1. The Kier molecular flexibility index (Phi) is 6.15. The van der Waals surface area contributed by atoms with Crippen LogP contribution in [0.2, 0.25) is 0 Å². The van der Waals surface area contributed by atoms with Crippen LogP contribution in [0.3, 0.4) is 0 Å². The first-order chi connectivity index (χ1) is 11.0. The highest BCUT2D eigenvalue weighted by molar-refractivity contribution is 7.98. The van der Waals surface area contributed by atoms with Gasteiger partial charge in [0.05, 0.1) is 26.8 Å². The van der Waals surface area contributed by atoms with Crippen molar-refractivity contribution in [2.24, 2.45) is 5.73 Å². The number of carbonyl (C=O) groups excluding carboxylic acids is 1. The van der Waals surface area contributed by atoms with Crippen molar-refractivity contribution in [2.45, 2.75) is 25.1 Å². The van der Waals surface area contributed by atoms with Crippen molar-refractivity contribution in [2.75, 3.05) is 32.8 Å². The van der Waals surface area contributed by atoms with E-state index in [-0.39, 0.29) is 12.5 Å². The van der Waals surface area contributed by atoms with Crippen molar-refractivity contribution in [3.63, 3.8) is 0 Å². The fourth-order valence-electron chi connectivity index (χ4n) is 2.85. The summed E-state index contributed by atoms with van der Waals surface area (Å²) >= 11 is 1.66. The Bertz CT molecular complexity index is 567. The van der Waals surface area contributed by atoms with Gasteiger partial charge in [-0.05, 0) is 30.6 Å². The van der Waals surface area contributed by atoms with Gasteiger partial charge in [-0.1, -0.05) is 0 Å². The lowest BCUT2D eigenvalue weighted by Gasteiger charge is -2.35. The zero-order chi connectivity index (χ0) is 17.0. The summed E-state index contributed by atoms with van der Waals surface area (Å²) in [4.78, 5) is 14.1. The van der Waals surface area contributed by atoms with Crippen LogP contribution in [0.15, 0.2) is 12.1 Å². The second kappa shape index (κ2) is 7.90. The Morgan fingerprint density at radius 1 is 1.43 bits per heavy atom. The molecule has 1 aromatic carbocycles. The minimum atomic E-state index is -0.819. The molecule has 23 heavy (non-hydrogen) atoms. The molecular formula is C16H24N2O4S. The average Bonchev–Trinajstić information content (AvgIpc) is 2.57. The fraction of sp³-hybridized carbons (Fsp3) is 0.562. The summed E-state index contributed by atoms with van der Waals surface area (Å²) in [5.74, 6) is 1.92. The van der Waals surface area contributed by atoms with Gasteiger partial charge in [0.25, 0.3) is 0 Å². The van der Waals surface area contributed by atoms with Gasteiger partial charge >= 0.3 is 0 Å². The highest BCUT2D eigenvalue weighted by atomic mass is 32.2. The molecule has 0 aromatic heterocycles. The maximum atomic E-state index is 12.5.